The lowest BCUT2D eigenvalue weighted by molar-refractivity contribution is 0.0595. The van der Waals surface area contributed by atoms with Gasteiger partial charge in [-0.2, -0.15) is 0 Å². The fourth-order valence-electron chi connectivity index (χ4n) is 1.56. The molecule has 94 valence electrons. The number of carbonyl (C=O) groups is 1. The molecule has 0 saturated heterocycles. The Morgan fingerprint density at radius 2 is 2.18 bits per heavy atom. The Morgan fingerprint density at radius 1 is 1.59 bits per heavy atom. The summed E-state index contributed by atoms with van der Waals surface area (Å²) in [5, 5.41) is 0. The number of rotatable bonds is 3. The van der Waals surface area contributed by atoms with Crippen molar-refractivity contribution in [1.29, 1.82) is 0 Å². The molecule has 0 fully saturated rings. The van der Waals surface area contributed by atoms with Crippen molar-refractivity contribution in [2.24, 2.45) is 5.92 Å². The molecule has 0 atom stereocenters. The number of hydrogen-bond donors (Lipinski definition) is 1. The van der Waals surface area contributed by atoms with Crippen LogP contribution in [-0.4, -0.2) is 13.1 Å². The van der Waals surface area contributed by atoms with Crippen LogP contribution < -0.4 is 5.73 Å². The van der Waals surface area contributed by atoms with E-state index >= 15 is 0 Å². The lowest BCUT2D eigenvalue weighted by Crippen LogP contribution is -2.10. The molecule has 0 aliphatic rings. The van der Waals surface area contributed by atoms with Crippen LogP contribution in [0.2, 0.25) is 0 Å². The number of benzene rings is 1. The predicted molar refractivity (Wildman–Crippen MR) is 68.4 cm³/mol. The SMILES string of the molecule is COC(=O)c1cc(N)c(CC(C)C)c(Br)c1F. The van der Waals surface area contributed by atoms with E-state index in [1.807, 2.05) is 13.8 Å². The second kappa shape index (κ2) is 5.49. The standard InChI is InChI=1S/C12H15BrFNO2/c1-6(2)4-7-9(15)5-8(12(16)17-3)11(14)10(7)13/h5-6H,4,15H2,1-3H3. The summed E-state index contributed by atoms with van der Waals surface area (Å²) in [6.07, 6.45) is 0.644. The molecule has 0 spiro atoms. The highest BCUT2D eigenvalue weighted by molar-refractivity contribution is 9.10. The Balaban J connectivity index is 3.31. The van der Waals surface area contributed by atoms with Crippen molar-refractivity contribution in [2.75, 3.05) is 12.8 Å². The van der Waals surface area contributed by atoms with Crippen LogP contribution in [0.15, 0.2) is 10.5 Å². The van der Waals surface area contributed by atoms with Gasteiger partial charge in [-0.15, -0.1) is 0 Å². The summed E-state index contributed by atoms with van der Waals surface area (Å²) in [7, 11) is 1.20. The first kappa shape index (κ1) is 14.0. The topological polar surface area (TPSA) is 52.3 Å². The zero-order valence-electron chi connectivity index (χ0n) is 10.0. The summed E-state index contributed by atoms with van der Waals surface area (Å²) in [4.78, 5) is 11.3. The highest BCUT2D eigenvalue weighted by Gasteiger charge is 2.20. The van der Waals surface area contributed by atoms with Crippen molar-refractivity contribution in [3.63, 3.8) is 0 Å². The number of carbonyl (C=O) groups excluding carboxylic acids is 1. The van der Waals surface area contributed by atoms with E-state index < -0.39 is 11.8 Å². The average Bonchev–Trinajstić information content (AvgIpc) is 2.28. The van der Waals surface area contributed by atoms with Gasteiger partial charge in [-0.05, 0) is 39.9 Å². The first-order valence-corrected chi connectivity index (χ1v) is 6.02. The van der Waals surface area contributed by atoms with E-state index in [0.717, 1.165) is 0 Å². The number of halogens is 2. The van der Waals surface area contributed by atoms with Gasteiger partial charge in [-0.1, -0.05) is 13.8 Å². The van der Waals surface area contributed by atoms with Crippen molar-refractivity contribution in [1.82, 2.24) is 0 Å². The van der Waals surface area contributed by atoms with Crippen LogP contribution in [0.1, 0.15) is 29.8 Å². The molecule has 0 heterocycles. The first-order chi connectivity index (χ1) is 7.88. The van der Waals surface area contributed by atoms with Crippen molar-refractivity contribution >= 4 is 27.6 Å². The third-order valence-electron chi connectivity index (χ3n) is 2.36. The van der Waals surface area contributed by atoms with Crippen LogP contribution in [0, 0.1) is 11.7 Å². The minimum atomic E-state index is -0.731. The molecular weight excluding hydrogens is 289 g/mol. The molecule has 1 rings (SSSR count). The van der Waals surface area contributed by atoms with Gasteiger partial charge in [0.15, 0.2) is 5.82 Å². The minimum absolute atomic E-state index is 0.149. The number of hydrogen-bond acceptors (Lipinski definition) is 3. The fraction of sp³-hybridized carbons (Fsp3) is 0.417. The minimum Gasteiger partial charge on any atom is -0.465 e. The maximum Gasteiger partial charge on any atom is 0.340 e. The number of esters is 1. The van der Waals surface area contributed by atoms with Gasteiger partial charge in [0.1, 0.15) is 0 Å². The van der Waals surface area contributed by atoms with Gasteiger partial charge in [0, 0.05) is 5.69 Å². The Bertz CT molecular complexity index is 447. The molecule has 0 saturated carbocycles. The molecule has 1 aromatic rings. The average molecular weight is 304 g/mol. The number of ether oxygens (including phenoxy) is 1. The maximum absolute atomic E-state index is 13.9. The van der Waals surface area contributed by atoms with Crippen LogP contribution in [0.5, 0.6) is 0 Å². The van der Waals surface area contributed by atoms with Crippen LogP contribution >= 0.6 is 15.9 Å². The molecular formula is C12H15BrFNO2. The van der Waals surface area contributed by atoms with Gasteiger partial charge in [0.25, 0.3) is 0 Å². The van der Waals surface area contributed by atoms with Gasteiger partial charge >= 0.3 is 5.97 Å². The monoisotopic (exact) mass is 303 g/mol. The van der Waals surface area contributed by atoms with Crippen LogP contribution in [0.4, 0.5) is 10.1 Å². The van der Waals surface area contributed by atoms with E-state index in [1.165, 1.54) is 13.2 Å². The molecule has 2 N–H and O–H groups in total. The van der Waals surface area contributed by atoms with Crippen LogP contribution in [0.3, 0.4) is 0 Å². The lowest BCUT2D eigenvalue weighted by Gasteiger charge is -2.13. The Kier molecular flexibility index (Phi) is 4.51. The summed E-state index contributed by atoms with van der Waals surface area (Å²) >= 11 is 3.15. The summed E-state index contributed by atoms with van der Waals surface area (Å²) in [6, 6.07) is 1.32. The Morgan fingerprint density at radius 3 is 2.65 bits per heavy atom. The third kappa shape index (κ3) is 2.97. The van der Waals surface area contributed by atoms with Crippen molar-refractivity contribution in [3.8, 4) is 0 Å². The van der Waals surface area contributed by atoms with Gasteiger partial charge in [0.2, 0.25) is 0 Å². The quantitative estimate of drug-likeness (QED) is 0.689. The zero-order chi connectivity index (χ0) is 13.2. The van der Waals surface area contributed by atoms with Crippen LogP contribution in [0.25, 0.3) is 0 Å². The molecule has 5 heteroatoms. The zero-order valence-corrected chi connectivity index (χ0v) is 11.6. The van der Waals surface area contributed by atoms with Gasteiger partial charge in [-0.3, -0.25) is 0 Å². The van der Waals surface area contributed by atoms with E-state index in [2.05, 4.69) is 20.7 Å². The molecule has 0 amide bonds. The smallest absolute Gasteiger partial charge is 0.340 e. The maximum atomic E-state index is 13.9. The molecule has 0 radical (unpaired) electrons. The molecule has 0 bridgehead atoms. The van der Waals surface area contributed by atoms with E-state index in [0.29, 0.717) is 23.6 Å². The van der Waals surface area contributed by atoms with E-state index in [9.17, 15) is 9.18 Å². The molecule has 1 aromatic carbocycles. The molecule has 0 aliphatic heterocycles. The Hall–Kier alpha value is -1.10. The second-order valence-corrected chi connectivity index (χ2v) is 5.00. The van der Waals surface area contributed by atoms with E-state index in [-0.39, 0.29) is 10.0 Å². The fourth-order valence-corrected chi connectivity index (χ4v) is 2.16. The summed E-state index contributed by atoms with van der Waals surface area (Å²) in [5.41, 5.74) is 6.76. The highest BCUT2D eigenvalue weighted by atomic mass is 79.9. The molecule has 0 unspecified atom stereocenters. The van der Waals surface area contributed by atoms with Crippen molar-refractivity contribution < 1.29 is 13.9 Å². The number of nitrogen functional groups attached to an aromatic ring is 1. The van der Waals surface area contributed by atoms with Gasteiger partial charge in [-0.25, -0.2) is 9.18 Å². The number of methoxy groups -OCH3 is 1. The largest absolute Gasteiger partial charge is 0.465 e. The lowest BCUT2D eigenvalue weighted by atomic mass is 9.99. The summed E-state index contributed by atoms with van der Waals surface area (Å²) < 4.78 is 18.7. The molecule has 0 aromatic heterocycles. The van der Waals surface area contributed by atoms with E-state index in [1.54, 1.807) is 0 Å². The van der Waals surface area contributed by atoms with Crippen molar-refractivity contribution in [2.45, 2.75) is 20.3 Å². The molecule has 17 heavy (non-hydrogen) atoms. The third-order valence-corrected chi connectivity index (χ3v) is 3.19. The second-order valence-electron chi connectivity index (χ2n) is 4.21. The summed E-state index contributed by atoms with van der Waals surface area (Å²) in [6.45, 7) is 4.02. The molecule has 0 aliphatic carbocycles. The Labute approximate surface area is 108 Å². The van der Waals surface area contributed by atoms with Gasteiger partial charge < -0.3 is 10.5 Å². The normalized spacial score (nSPS) is 10.7. The van der Waals surface area contributed by atoms with Crippen molar-refractivity contribution in [3.05, 3.63) is 27.5 Å². The predicted octanol–water partition coefficient (Wildman–Crippen LogP) is 3.16. The van der Waals surface area contributed by atoms with Crippen LogP contribution in [-0.2, 0) is 11.2 Å². The molecule has 3 nitrogen and oxygen atoms in total. The van der Waals surface area contributed by atoms with E-state index in [4.69, 9.17) is 5.73 Å². The number of anilines is 1. The number of nitrogens with two attached hydrogens (primary N) is 1. The summed E-state index contributed by atoms with van der Waals surface area (Å²) in [5.74, 6) is -1.01. The van der Waals surface area contributed by atoms with Gasteiger partial charge in [0.05, 0.1) is 17.1 Å². The highest BCUT2D eigenvalue weighted by Crippen LogP contribution is 2.31. The first-order valence-electron chi connectivity index (χ1n) is 5.23.